The third kappa shape index (κ3) is 11.7. The SMILES string of the molecule is CN(CCN1CCC(OC(=O)Nc2ccccc2-c2ccccc2)CC1)C(=O)CCCCCN(C)c1ccc(C(=O)OC(C)(C)C)cc1. The second-order valence-corrected chi connectivity index (χ2v) is 13.6. The van der Waals surface area contributed by atoms with Crippen LogP contribution in [0.1, 0.15) is 69.7 Å². The van der Waals surface area contributed by atoms with Gasteiger partial charge in [0.1, 0.15) is 11.7 Å². The Balaban J connectivity index is 1.07. The maximum Gasteiger partial charge on any atom is 0.411 e. The highest BCUT2D eigenvalue weighted by molar-refractivity contribution is 5.91. The standard InChI is InChI=1S/C39H52N4O5/c1-39(2,3)48-37(45)31-19-21-32(22-20-31)41(4)25-13-7-10-18-36(44)42(5)28-29-43-26-23-33(24-27-43)47-38(46)40-35-17-12-11-16-34(35)30-14-8-6-9-15-30/h6,8-9,11-12,14-17,19-22,33H,7,10,13,18,23-29H2,1-5H3,(H,40,46). The van der Waals surface area contributed by atoms with Crippen molar-refractivity contribution in [3.05, 3.63) is 84.4 Å². The maximum absolute atomic E-state index is 12.7. The summed E-state index contributed by atoms with van der Waals surface area (Å²) < 4.78 is 11.2. The minimum absolute atomic E-state index is 0.125. The van der Waals surface area contributed by atoms with E-state index in [-0.39, 0.29) is 18.0 Å². The Bertz CT molecular complexity index is 1460. The van der Waals surface area contributed by atoms with Crippen LogP contribution >= 0.6 is 0 Å². The summed E-state index contributed by atoms with van der Waals surface area (Å²) in [6.45, 7) is 9.61. The van der Waals surface area contributed by atoms with Crippen molar-refractivity contribution in [3.63, 3.8) is 0 Å². The predicted octanol–water partition coefficient (Wildman–Crippen LogP) is 7.48. The Labute approximate surface area is 286 Å². The molecule has 258 valence electrons. The summed E-state index contributed by atoms with van der Waals surface area (Å²) in [6.07, 6.45) is 4.34. The second kappa shape index (κ2) is 17.7. The number of para-hydroxylation sites is 1. The number of amides is 2. The van der Waals surface area contributed by atoms with Crippen molar-refractivity contribution in [3.8, 4) is 11.1 Å². The fourth-order valence-electron chi connectivity index (χ4n) is 5.73. The zero-order valence-electron chi connectivity index (χ0n) is 29.2. The Kier molecular flexibility index (Phi) is 13.4. The predicted molar refractivity (Wildman–Crippen MR) is 192 cm³/mol. The number of anilines is 2. The molecule has 48 heavy (non-hydrogen) atoms. The summed E-state index contributed by atoms with van der Waals surface area (Å²) >= 11 is 0. The molecular weight excluding hydrogens is 604 g/mol. The van der Waals surface area contributed by atoms with Gasteiger partial charge < -0.3 is 24.2 Å². The van der Waals surface area contributed by atoms with E-state index in [4.69, 9.17) is 9.47 Å². The highest BCUT2D eigenvalue weighted by Crippen LogP contribution is 2.28. The molecule has 0 spiro atoms. The molecule has 1 N–H and O–H groups in total. The molecule has 0 aliphatic carbocycles. The van der Waals surface area contributed by atoms with Crippen LogP contribution in [0, 0.1) is 0 Å². The first-order valence-electron chi connectivity index (χ1n) is 17.1. The van der Waals surface area contributed by atoms with Crippen LogP contribution in [0.2, 0.25) is 0 Å². The Morgan fingerprint density at radius 1 is 0.833 bits per heavy atom. The number of nitrogens with one attached hydrogen (secondary N) is 1. The molecule has 0 radical (unpaired) electrons. The van der Waals surface area contributed by atoms with E-state index in [9.17, 15) is 14.4 Å². The summed E-state index contributed by atoms with van der Waals surface area (Å²) in [4.78, 5) is 44.0. The van der Waals surface area contributed by atoms with Crippen molar-refractivity contribution in [2.24, 2.45) is 0 Å². The van der Waals surface area contributed by atoms with Crippen LogP contribution in [-0.4, -0.2) is 86.3 Å². The van der Waals surface area contributed by atoms with Crippen molar-refractivity contribution < 1.29 is 23.9 Å². The average Bonchev–Trinajstić information content (AvgIpc) is 3.07. The number of likely N-dealkylation sites (tertiary alicyclic amines) is 1. The topological polar surface area (TPSA) is 91.4 Å². The first kappa shape index (κ1) is 36.5. The minimum atomic E-state index is -0.518. The molecule has 1 aliphatic rings. The lowest BCUT2D eigenvalue weighted by atomic mass is 10.0. The lowest BCUT2D eigenvalue weighted by molar-refractivity contribution is -0.130. The van der Waals surface area contributed by atoms with Gasteiger partial charge in [-0.25, -0.2) is 9.59 Å². The molecule has 1 aliphatic heterocycles. The number of esters is 1. The first-order chi connectivity index (χ1) is 23.0. The molecule has 0 aromatic heterocycles. The van der Waals surface area contributed by atoms with Crippen LogP contribution in [0.4, 0.5) is 16.2 Å². The molecule has 1 fully saturated rings. The van der Waals surface area contributed by atoms with Crippen molar-refractivity contribution in [2.75, 3.05) is 57.0 Å². The number of rotatable bonds is 14. The smallest absolute Gasteiger partial charge is 0.411 e. The molecule has 0 saturated carbocycles. The number of carbonyl (C=O) groups excluding carboxylic acids is 3. The number of hydrogen-bond acceptors (Lipinski definition) is 7. The van der Waals surface area contributed by atoms with Crippen LogP contribution in [0.25, 0.3) is 11.1 Å². The molecule has 0 atom stereocenters. The molecule has 4 rings (SSSR count). The van der Waals surface area contributed by atoms with Gasteiger partial charge in [0, 0.05) is 64.5 Å². The van der Waals surface area contributed by atoms with E-state index in [1.165, 1.54) is 0 Å². The number of ether oxygens (including phenoxy) is 2. The summed E-state index contributed by atoms with van der Waals surface area (Å²) in [5.74, 6) is -0.143. The fraction of sp³-hybridized carbons (Fsp3) is 0.462. The van der Waals surface area contributed by atoms with Gasteiger partial charge in [-0.15, -0.1) is 0 Å². The van der Waals surface area contributed by atoms with E-state index >= 15 is 0 Å². The highest BCUT2D eigenvalue weighted by Gasteiger charge is 2.23. The number of nitrogens with zero attached hydrogens (tertiary/aromatic N) is 3. The molecular formula is C39H52N4O5. The van der Waals surface area contributed by atoms with Gasteiger partial charge in [-0.3, -0.25) is 10.1 Å². The van der Waals surface area contributed by atoms with Gasteiger partial charge in [-0.1, -0.05) is 55.0 Å². The second-order valence-electron chi connectivity index (χ2n) is 13.6. The number of piperidine rings is 1. The van der Waals surface area contributed by atoms with E-state index in [1.807, 2.05) is 106 Å². The molecule has 1 saturated heterocycles. The number of hydrogen-bond donors (Lipinski definition) is 1. The van der Waals surface area contributed by atoms with Gasteiger partial charge in [-0.05, 0) is 82.3 Å². The highest BCUT2D eigenvalue weighted by atomic mass is 16.6. The average molecular weight is 657 g/mol. The molecule has 1 heterocycles. The Morgan fingerprint density at radius 3 is 2.19 bits per heavy atom. The van der Waals surface area contributed by atoms with Gasteiger partial charge in [0.15, 0.2) is 0 Å². The van der Waals surface area contributed by atoms with E-state index in [0.29, 0.717) is 18.5 Å². The third-order valence-corrected chi connectivity index (χ3v) is 8.56. The molecule has 3 aromatic rings. The van der Waals surface area contributed by atoms with Crippen molar-refractivity contribution in [2.45, 2.75) is 71.0 Å². The van der Waals surface area contributed by atoms with E-state index in [1.54, 1.807) is 12.1 Å². The van der Waals surface area contributed by atoms with Crippen LogP contribution < -0.4 is 10.2 Å². The van der Waals surface area contributed by atoms with Gasteiger partial charge in [0.2, 0.25) is 5.91 Å². The summed E-state index contributed by atoms with van der Waals surface area (Å²) in [7, 11) is 3.92. The number of unbranched alkanes of at least 4 members (excludes halogenated alkanes) is 2. The van der Waals surface area contributed by atoms with E-state index in [2.05, 4.69) is 15.1 Å². The van der Waals surface area contributed by atoms with Gasteiger partial charge in [0.05, 0.1) is 11.3 Å². The molecule has 2 amide bonds. The first-order valence-corrected chi connectivity index (χ1v) is 17.1. The van der Waals surface area contributed by atoms with Crippen LogP contribution in [0.5, 0.6) is 0 Å². The molecule has 0 bridgehead atoms. The zero-order chi connectivity index (χ0) is 34.5. The fourth-order valence-corrected chi connectivity index (χ4v) is 5.73. The number of carbonyl (C=O) groups is 3. The van der Waals surface area contributed by atoms with E-state index in [0.717, 1.165) is 80.8 Å². The van der Waals surface area contributed by atoms with Crippen molar-refractivity contribution >= 4 is 29.3 Å². The Hall–Kier alpha value is -4.37. The molecule has 9 heteroatoms. The molecule has 0 unspecified atom stereocenters. The third-order valence-electron chi connectivity index (χ3n) is 8.56. The summed E-state index contributed by atoms with van der Waals surface area (Å²) in [5, 5.41) is 2.93. The lowest BCUT2D eigenvalue weighted by Crippen LogP contribution is -2.42. The summed E-state index contributed by atoms with van der Waals surface area (Å²) in [6, 6.07) is 25.2. The maximum atomic E-state index is 12.7. The van der Waals surface area contributed by atoms with Gasteiger partial charge >= 0.3 is 12.1 Å². The molecule has 3 aromatic carbocycles. The summed E-state index contributed by atoms with van der Waals surface area (Å²) in [5.41, 5.74) is 3.80. The quantitative estimate of drug-likeness (QED) is 0.142. The number of likely N-dealkylation sites (N-methyl/N-ethyl adjacent to an activating group) is 1. The normalized spacial score (nSPS) is 13.9. The Morgan fingerprint density at radius 2 is 1.50 bits per heavy atom. The minimum Gasteiger partial charge on any atom is -0.456 e. The monoisotopic (exact) mass is 656 g/mol. The van der Waals surface area contributed by atoms with Crippen molar-refractivity contribution in [1.82, 2.24) is 9.80 Å². The van der Waals surface area contributed by atoms with Crippen molar-refractivity contribution in [1.29, 1.82) is 0 Å². The lowest BCUT2D eigenvalue weighted by Gasteiger charge is -2.32. The van der Waals surface area contributed by atoms with Gasteiger partial charge in [0.25, 0.3) is 0 Å². The van der Waals surface area contributed by atoms with Gasteiger partial charge in [-0.2, -0.15) is 0 Å². The number of benzene rings is 3. The van der Waals surface area contributed by atoms with Crippen LogP contribution in [0.3, 0.4) is 0 Å². The van der Waals surface area contributed by atoms with E-state index < -0.39 is 11.7 Å². The van der Waals surface area contributed by atoms with Crippen LogP contribution in [-0.2, 0) is 14.3 Å². The zero-order valence-corrected chi connectivity index (χ0v) is 29.2. The largest absolute Gasteiger partial charge is 0.456 e. The molecule has 9 nitrogen and oxygen atoms in total. The van der Waals surface area contributed by atoms with Crippen LogP contribution in [0.15, 0.2) is 78.9 Å².